The minimum absolute atomic E-state index is 0.335. The summed E-state index contributed by atoms with van der Waals surface area (Å²) in [4.78, 5) is 4.09. The highest BCUT2D eigenvalue weighted by Crippen LogP contribution is 2.43. The van der Waals surface area contributed by atoms with Gasteiger partial charge in [-0.25, -0.2) is 0 Å². The first-order valence-electron chi connectivity index (χ1n) is 8.04. The van der Waals surface area contributed by atoms with Crippen LogP contribution in [-0.4, -0.2) is 37.5 Å². The summed E-state index contributed by atoms with van der Waals surface area (Å²) >= 11 is 0. The number of hydrogen-bond acceptors (Lipinski definition) is 5. The van der Waals surface area contributed by atoms with Gasteiger partial charge in [0.1, 0.15) is 11.5 Å². The fraction of sp³-hybridized carbons (Fsp3) is 0.316. The average molecular weight is 381 g/mol. The number of rotatable bonds is 5. The van der Waals surface area contributed by atoms with E-state index in [0.717, 1.165) is 0 Å². The summed E-state index contributed by atoms with van der Waals surface area (Å²) in [6, 6.07) is 7.47. The molecule has 0 N–H and O–H groups in total. The van der Waals surface area contributed by atoms with Gasteiger partial charge in [-0.05, 0) is 42.8 Å². The number of benzene rings is 1. The van der Waals surface area contributed by atoms with Crippen molar-refractivity contribution in [2.45, 2.75) is 25.2 Å². The number of aromatic nitrogens is 1. The van der Waals surface area contributed by atoms with Crippen molar-refractivity contribution in [1.29, 1.82) is 0 Å². The van der Waals surface area contributed by atoms with Crippen molar-refractivity contribution < 1.29 is 32.1 Å². The van der Waals surface area contributed by atoms with E-state index in [9.17, 15) is 13.2 Å². The summed E-state index contributed by atoms with van der Waals surface area (Å²) in [7, 11) is 2.96. The van der Waals surface area contributed by atoms with Crippen LogP contribution in [0.15, 0.2) is 48.8 Å². The molecule has 0 aliphatic carbocycles. The Labute approximate surface area is 154 Å². The first kappa shape index (κ1) is 19.2. The third kappa shape index (κ3) is 4.06. The SMILES string of the molecule is COC(OC)C1(C)C=C(c2cccnc2)c2cc(OC(F)(F)F)ccc2O1. The number of ether oxygens (including phenoxy) is 4. The van der Waals surface area contributed by atoms with E-state index >= 15 is 0 Å². The lowest BCUT2D eigenvalue weighted by Gasteiger charge is -2.38. The Morgan fingerprint density at radius 1 is 1.15 bits per heavy atom. The van der Waals surface area contributed by atoms with Gasteiger partial charge in [0.2, 0.25) is 6.29 Å². The first-order valence-corrected chi connectivity index (χ1v) is 8.04. The van der Waals surface area contributed by atoms with Gasteiger partial charge in [0, 0.05) is 37.7 Å². The standard InChI is InChI=1S/C19H18F3NO4/c1-18(17(24-2)25-3)10-15(12-5-4-8-23-11-12)14-9-13(26-19(20,21)22)6-7-16(14)27-18/h4-11,17H,1-3H3. The zero-order valence-corrected chi connectivity index (χ0v) is 14.9. The molecule has 1 aromatic heterocycles. The number of pyridine rings is 1. The molecule has 3 rings (SSSR count). The molecule has 1 aliphatic rings. The van der Waals surface area contributed by atoms with Crippen molar-refractivity contribution in [3.63, 3.8) is 0 Å². The van der Waals surface area contributed by atoms with Crippen LogP contribution in [0.5, 0.6) is 11.5 Å². The fourth-order valence-corrected chi connectivity index (χ4v) is 3.08. The van der Waals surface area contributed by atoms with Crippen LogP contribution >= 0.6 is 0 Å². The second-order valence-corrected chi connectivity index (χ2v) is 6.09. The molecular formula is C19H18F3NO4. The van der Waals surface area contributed by atoms with Crippen LogP contribution in [0, 0.1) is 0 Å². The number of fused-ring (bicyclic) bond motifs is 1. The van der Waals surface area contributed by atoms with E-state index < -0.39 is 18.3 Å². The maximum atomic E-state index is 12.6. The zero-order chi connectivity index (χ0) is 19.7. The van der Waals surface area contributed by atoms with Crippen LogP contribution in [-0.2, 0) is 9.47 Å². The highest BCUT2D eigenvalue weighted by molar-refractivity contribution is 5.85. The zero-order valence-electron chi connectivity index (χ0n) is 14.9. The molecule has 1 aromatic carbocycles. The van der Waals surface area contributed by atoms with Crippen LogP contribution in [0.1, 0.15) is 18.1 Å². The Morgan fingerprint density at radius 2 is 1.89 bits per heavy atom. The van der Waals surface area contributed by atoms with Crippen LogP contribution in [0.4, 0.5) is 13.2 Å². The second kappa shape index (κ2) is 7.21. The molecule has 2 heterocycles. The number of hydrogen-bond donors (Lipinski definition) is 0. The lowest BCUT2D eigenvalue weighted by Crippen LogP contribution is -2.47. The van der Waals surface area contributed by atoms with E-state index in [1.54, 1.807) is 37.5 Å². The molecule has 0 radical (unpaired) electrons. The van der Waals surface area contributed by atoms with Gasteiger partial charge in [-0.2, -0.15) is 0 Å². The minimum atomic E-state index is -4.78. The summed E-state index contributed by atoms with van der Waals surface area (Å²) in [5, 5.41) is 0. The van der Waals surface area contributed by atoms with Crippen molar-refractivity contribution in [2.24, 2.45) is 0 Å². The number of halogens is 3. The first-order chi connectivity index (χ1) is 12.8. The van der Waals surface area contributed by atoms with E-state index in [4.69, 9.17) is 14.2 Å². The van der Waals surface area contributed by atoms with Gasteiger partial charge in [0.15, 0.2) is 5.60 Å². The molecule has 2 aromatic rings. The molecule has 1 atom stereocenters. The van der Waals surface area contributed by atoms with Gasteiger partial charge in [-0.3, -0.25) is 4.98 Å². The highest BCUT2D eigenvalue weighted by atomic mass is 19.4. The summed E-state index contributed by atoms with van der Waals surface area (Å²) in [5.41, 5.74) is 0.795. The summed E-state index contributed by atoms with van der Waals surface area (Å²) in [6.07, 6.45) is -0.536. The van der Waals surface area contributed by atoms with Crippen molar-refractivity contribution in [3.8, 4) is 11.5 Å². The van der Waals surface area contributed by atoms with Crippen molar-refractivity contribution in [1.82, 2.24) is 4.98 Å². The Bertz CT molecular complexity index is 835. The maximum Gasteiger partial charge on any atom is 0.573 e. The highest BCUT2D eigenvalue weighted by Gasteiger charge is 2.40. The maximum absolute atomic E-state index is 12.6. The van der Waals surface area contributed by atoms with Crippen LogP contribution in [0.25, 0.3) is 5.57 Å². The predicted octanol–water partition coefficient (Wildman–Crippen LogP) is 4.18. The van der Waals surface area contributed by atoms with Crippen LogP contribution in [0.2, 0.25) is 0 Å². The normalized spacial score (nSPS) is 19.3. The smallest absolute Gasteiger partial charge is 0.477 e. The molecule has 1 aliphatic heterocycles. The molecule has 0 saturated heterocycles. The van der Waals surface area contributed by atoms with Gasteiger partial charge in [-0.15, -0.1) is 13.2 Å². The molecule has 0 amide bonds. The number of alkyl halides is 3. The lowest BCUT2D eigenvalue weighted by atomic mass is 9.89. The van der Waals surface area contributed by atoms with Gasteiger partial charge in [0.25, 0.3) is 0 Å². The Morgan fingerprint density at radius 3 is 2.48 bits per heavy atom. The van der Waals surface area contributed by atoms with E-state index in [1.807, 2.05) is 0 Å². The fourth-order valence-electron chi connectivity index (χ4n) is 3.08. The van der Waals surface area contributed by atoms with Crippen molar-refractivity contribution >= 4 is 5.57 Å². The molecule has 0 fully saturated rings. The molecule has 27 heavy (non-hydrogen) atoms. The van der Waals surface area contributed by atoms with Crippen LogP contribution in [0.3, 0.4) is 0 Å². The molecule has 0 saturated carbocycles. The summed E-state index contributed by atoms with van der Waals surface area (Å²) < 4.78 is 58.6. The summed E-state index contributed by atoms with van der Waals surface area (Å²) in [6.45, 7) is 1.77. The van der Waals surface area contributed by atoms with E-state index in [1.165, 1.54) is 32.4 Å². The largest absolute Gasteiger partial charge is 0.573 e. The molecule has 5 nitrogen and oxygen atoms in total. The monoisotopic (exact) mass is 381 g/mol. The molecule has 0 bridgehead atoms. The molecule has 144 valence electrons. The quantitative estimate of drug-likeness (QED) is 0.728. The molecule has 8 heteroatoms. The Balaban J connectivity index is 2.13. The molecular weight excluding hydrogens is 363 g/mol. The van der Waals surface area contributed by atoms with E-state index in [2.05, 4.69) is 9.72 Å². The second-order valence-electron chi connectivity index (χ2n) is 6.09. The molecule has 1 unspecified atom stereocenters. The predicted molar refractivity (Wildman–Crippen MR) is 91.3 cm³/mol. The molecule has 0 spiro atoms. The van der Waals surface area contributed by atoms with Gasteiger partial charge in [-0.1, -0.05) is 6.07 Å². The van der Waals surface area contributed by atoms with Gasteiger partial charge in [0.05, 0.1) is 0 Å². The third-order valence-electron chi connectivity index (χ3n) is 4.10. The van der Waals surface area contributed by atoms with Crippen molar-refractivity contribution in [3.05, 3.63) is 59.9 Å². The average Bonchev–Trinajstić information content (AvgIpc) is 2.62. The van der Waals surface area contributed by atoms with Crippen molar-refractivity contribution in [2.75, 3.05) is 14.2 Å². The van der Waals surface area contributed by atoms with E-state index in [0.29, 0.717) is 22.4 Å². The lowest BCUT2D eigenvalue weighted by molar-refractivity contribution is -0.274. The number of nitrogens with zero attached hydrogens (tertiary/aromatic N) is 1. The van der Waals surface area contributed by atoms with Gasteiger partial charge < -0.3 is 18.9 Å². The summed E-state index contributed by atoms with van der Waals surface area (Å²) in [5.74, 6) is 0.0470. The topological polar surface area (TPSA) is 49.8 Å². The number of methoxy groups -OCH3 is 2. The minimum Gasteiger partial charge on any atom is -0.477 e. The van der Waals surface area contributed by atoms with Gasteiger partial charge >= 0.3 is 6.36 Å². The Kier molecular flexibility index (Phi) is 5.12. The Hall–Kier alpha value is -2.58. The third-order valence-corrected chi connectivity index (χ3v) is 4.10. The van der Waals surface area contributed by atoms with E-state index in [-0.39, 0.29) is 5.75 Å². The van der Waals surface area contributed by atoms with Crippen LogP contribution < -0.4 is 9.47 Å².